The second-order valence-corrected chi connectivity index (χ2v) is 8.98. The van der Waals surface area contributed by atoms with Crippen molar-refractivity contribution in [3.05, 3.63) is 28.2 Å². The summed E-state index contributed by atoms with van der Waals surface area (Å²) in [6.45, 7) is 8.01. The molecule has 0 amide bonds. The standard InChI is InChI=1S/C14H18BrNO4S/c1-13(2)12(14(13,3)4)16-21(19,20)10-7-8(11(17)18)5-6-9(10)15/h5-7,12,16H,1-4H3,(H,17,18). The van der Waals surface area contributed by atoms with Gasteiger partial charge in [-0.3, -0.25) is 0 Å². The number of carboxylic acid groups (broad SMARTS) is 1. The fraction of sp³-hybridized carbons (Fsp3) is 0.500. The van der Waals surface area contributed by atoms with Crippen LogP contribution in [0.4, 0.5) is 0 Å². The van der Waals surface area contributed by atoms with Gasteiger partial charge < -0.3 is 5.11 Å². The first-order valence-electron chi connectivity index (χ1n) is 6.46. The molecule has 1 fully saturated rings. The molecule has 1 aromatic rings. The van der Waals surface area contributed by atoms with Crippen LogP contribution in [0.1, 0.15) is 38.1 Å². The number of halogens is 1. The minimum absolute atomic E-state index is 0.0547. The lowest BCUT2D eigenvalue weighted by molar-refractivity contribution is 0.0696. The number of carboxylic acids is 1. The minimum atomic E-state index is -3.79. The van der Waals surface area contributed by atoms with Crippen LogP contribution in [0.3, 0.4) is 0 Å². The Bertz CT molecular complexity index is 696. The van der Waals surface area contributed by atoms with Crippen molar-refractivity contribution in [3.8, 4) is 0 Å². The van der Waals surface area contributed by atoms with Crippen LogP contribution in [0, 0.1) is 10.8 Å². The predicted octanol–water partition coefficient (Wildman–Crippen LogP) is 2.86. The lowest BCUT2D eigenvalue weighted by atomic mass is 10.0. The molecule has 5 nitrogen and oxygen atoms in total. The molecule has 0 saturated heterocycles. The number of benzene rings is 1. The van der Waals surface area contributed by atoms with Gasteiger partial charge in [-0.15, -0.1) is 0 Å². The predicted molar refractivity (Wildman–Crippen MR) is 82.8 cm³/mol. The summed E-state index contributed by atoms with van der Waals surface area (Å²) in [6, 6.07) is 3.77. The highest BCUT2D eigenvalue weighted by molar-refractivity contribution is 9.10. The summed E-state index contributed by atoms with van der Waals surface area (Å²) in [4.78, 5) is 10.9. The Balaban J connectivity index is 2.38. The van der Waals surface area contributed by atoms with E-state index in [1.807, 2.05) is 27.7 Å². The monoisotopic (exact) mass is 375 g/mol. The topological polar surface area (TPSA) is 83.5 Å². The van der Waals surface area contributed by atoms with E-state index in [1.165, 1.54) is 12.1 Å². The summed E-state index contributed by atoms with van der Waals surface area (Å²) in [5.74, 6) is -1.16. The van der Waals surface area contributed by atoms with Crippen LogP contribution in [0.2, 0.25) is 0 Å². The van der Waals surface area contributed by atoms with Crippen LogP contribution < -0.4 is 4.72 Å². The van der Waals surface area contributed by atoms with Crippen molar-refractivity contribution in [1.82, 2.24) is 4.72 Å². The highest BCUT2D eigenvalue weighted by Crippen LogP contribution is 2.63. The van der Waals surface area contributed by atoms with Crippen LogP contribution >= 0.6 is 15.9 Å². The fourth-order valence-corrected chi connectivity index (χ4v) is 5.07. The zero-order valence-electron chi connectivity index (χ0n) is 12.3. The highest BCUT2D eigenvalue weighted by atomic mass is 79.9. The van der Waals surface area contributed by atoms with E-state index in [-0.39, 0.29) is 27.3 Å². The Morgan fingerprint density at radius 3 is 2.19 bits per heavy atom. The van der Waals surface area contributed by atoms with Crippen LogP contribution in [0.15, 0.2) is 27.6 Å². The number of nitrogens with one attached hydrogen (secondary N) is 1. The third-order valence-electron chi connectivity index (χ3n) is 4.76. The van der Waals surface area contributed by atoms with Gasteiger partial charge in [0.2, 0.25) is 10.0 Å². The van der Waals surface area contributed by atoms with E-state index in [9.17, 15) is 13.2 Å². The van der Waals surface area contributed by atoms with Gasteiger partial charge in [0.1, 0.15) is 0 Å². The van der Waals surface area contributed by atoms with Crippen molar-refractivity contribution >= 4 is 31.9 Å². The molecule has 0 heterocycles. The van der Waals surface area contributed by atoms with Gasteiger partial charge in [0.15, 0.2) is 0 Å². The molecular formula is C14H18BrNO4S. The largest absolute Gasteiger partial charge is 0.478 e. The molecule has 0 aliphatic heterocycles. The molecular weight excluding hydrogens is 358 g/mol. The van der Waals surface area contributed by atoms with Crippen molar-refractivity contribution in [2.24, 2.45) is 10.8 Å². The molecule has 1 aliphatic rings. The lowest BCUT2D eigenvalue weighted by Crippen LogP contribution is -2.30. The molecule has 0 bridgehead atoms. The third-order valence-corrected chi connectivity index (χ3v) is 7.18. The Morgan fingerprint density at radius 2 is 1.76 bits per heavy atom. The van der Waals surface area contributed by atoms with Crippen molar-refractivity contribution in [2.75, 3.05) is 0 Å². The lowest BCUT2D eigenvalue weighted by Gasteiger charge is -2.10. The summed E-state index contributed by atoms with van der Waals surface area (Å²) >= 11 is 3.17. The maximum absolute atomic E-state index is 12.5. The van der Waals surface area contributed by atoms with Crippen LogP contribution in [0.5, 0.6) is 0 Å². The number of hydrogen-bond donors (Lipinski definition) is 2. The average molecular weight is 376 g/mol. The first-order valence-corrected chi connectivity index (χ1v) is 8.74. The van der Waals surface area contributed by atoms with Gasteiger partial charge in [-0.1, -0.05) is 27.7 Å². The second-order valence-electron chi connectivity index (χ2n) is 6.45. The number of rotatable bonds is 4. The van der Waals surface area contributed by atoms with Crippen molar-refractivity contribution in [2.45, 2.75) is 38.6 Å². The number of hydrogen-bond acceptors (Lipinski definition) is 3. The Labute approximate surface area is 132 Å². The Morgan fingerprint density at radius 1 is 1.24 bits per heavy atom. The van der Waals surface area contributed by atoms with E-state index in [0.29, 0.717) is 4.47 Å². The molecule has 0 radical (unpaired) electrons. The SMILES string of the molecule is CC1(C)C(NS(=O)(=O)c2cc(C(=O)O)ccc2Br)C1(C)C. The van der Waals surface area contributed by atoms with Crippen LogP contribution in [-0.4, -0.2) is 25.5 Å². The molecule has 0 atom stereocenters. The highest BCUT2D eigenvalue weighted by Gasteiger charge is 2.66. The fourth-order valence-electron chi connectivity index (χ4n) is 2.55. The normalized spacial score (nSPS) is 20.2. The van der Waals surface area contributed by atoms with E-state index in [4.69, 9.17) is 5.11 Å². The molecule has 7 heteroatoms. The molecule has 21 heavy (non-hydrogen) atoms. The van der Waals surface area contributed by atoms with E-state index >= 15 is 0 Å². The van der Waals surface area contributed by atoms with E-state index in [1.54, 1.807) is 0 Å². The summed E-state index contributed by atoms with van der Waals surface area (Å²) in [5, 5.41) is 9.00. The maximum atomic E-state index is 12.5. The average Bonchev–Trinajstić information content (AvgIpc) is 2.71. The Kier molecular flexibility index (Phi) is 3.75. The van der Waals surface area contributed by atoms with E-state index in [2.05, 4.69) is 20.7 Å². The van der Waals surface area contributed by atoms with E-state index < -0.39 is 16.0 Å². The van der Waals surface area contributed by atoms with Gasteiger partial charge in [-0.05, 0) is 45.0 Å². The minimum Gasteiger partial charge on any atom is -0.478 e. The van der Waals surface area contributed by atoms with Gasteiger partial charge >= 0.3 is 5.97 Å². The molecule has 0 aromatic heterocycles. The first kappa shape index (κ1) is 16.5. The smallest absolute Gasteiger partial charge is 0.335 e. The molecule has 2 N–H and O–H groups in total. The zero-order chi connectivity index (χ0) is 16.2. The summed E-state index contributed by atoms with van der Waals surface area (Å²) < 4.78 is 28.1. The van der Waals surface area contributed by atoms with E-state index in [0.717, 1.165) is 6.07 Å². The molecule has 0 unspecified atom stereocenters. The van der Waals surface area contributed by atoms with Gasteiger partial charge in [-0.25, -0.2) is 17.9 Å². The molecule has 1 aromatic carbocycles. The van der Waals surface area contributed by atoms with Gasteiger partial charge in [0, 0.05) is 10.5 Å². The Hall–Kier alpha value is -0.920. The first-order chi connectivity index (χ1) is 9.41. The van der Waals surface area contributed by atoms with Gasteiger partial charge in [0.25, 0.3) is 0 Å². The number of carbonyl (C=O) groups is 1. The zero-order valence-corrected chi connectivity index (χ0v) is 14.7. The van der Waals surface area contributed by atoms with Gasteiger partial charge in [0.05, 0.1) is 10.5 Å². The second kappa shape index (κ2) is 4.79. The van der Waals surface area contributed by atoms with Crippen LogP contribution in [0.25, 0.3) is 0 Å². The molecule has 1 saturated carbocycles. The van der Waals surface area contributed by atoms with Crippen molar-refractivity contribution in [1.29, 1.82) is 0 Å². The molecule has 1 aliphatic carbocycles. The third kappa shape index (κ3) is 2.62. The molecule has 2 rings (SSSR count). The van der Waals surface area contributed by atoms with Gasteiger partial charge in [-0.2, -0.15) is 0 Å². The maximum Gasteiger partial charge on any atom is 0.335 e. The molecule has 0 spiro atoms. The number of sulfonamides is 1. The summed E-state index contributed by atoms with van der Waals surface area (Å²) in [7, 11) is -3.79. The van der Waals surface area contributed by atoms with Crippen molar-refractivity contribution in [3.63, 3.8) is 0 Å². The summed E-state index contributed by atoms with van der Waals surface area (Å²) in [5.41, 5.74) is -0.346. The van der Waals surface area contributed by atoms with Crippen LogP contribution in [-0.2, 0) is 10.0 Å². The number of aromatic carboxylic acids is 1. The summed E-state index contributed by atoms with van der Waals surface area (Å²) in [6.07, 6.45) is 0. The quantitative estimate of drug-likeness (QED) is 0.847. The molecule has 116 valence electrons. The van der Waals surface area contributed by atoms with Crippen molar-refractivity contribution < 1.29 is 18.3 Å².